The molecule has 4 aromatic rings. The Labute approximate surface area is 195 Å². The third kappa shape index (κ3) is 3.82. The lowest BCUT2D eigenvalue weighted by atomic mass is 10.0. The third-order valence-electron chi connectivity index (χ3n) is 6.13. The Morgan fingerprint density at radius 2 is 1.68 bits per heavy atom. The standard InChI is InChI=1S/C25H28F3N5O/c1-13(15-9-8-10-18(21(15)26)25(6,27)28)29-22-17-12-20-19(11-16(17)14(2)30-31-22)32(7)23(34)33(20)24(3,4)5/h8-13H,1-7H3,(H,29,31)/t13-/m1/s1. The van der Waals surface area contributed by atoms with Crippen molar-refractivity contribution in [2.75, 3.05) is 5.32 Å². The normalized spacial score (nSPS) is 13.6. The number of alkyl halides is 2. The van der Waals surface area contributed by atoms with Gasteiger partial charge in [0.2, 0.25) is 0 Å². The number of aromatic nitrogens is 4. The van der Waals surface area contributed by atoms with Gasteiger partial charge in [0.15, 0.2) is 5.82 Å². The summed E-state index contributed by atoms with van der Waals surface area (Å²) in [5.74, 6) is -3.88. The molecule has 0 fully saturated rings. The van der Waals surface area contributed by atoms with E-state index in [1.807, 2.05) is 39.8 Å². The first-order valence-electron chi connectivity index (χ1n) is 11.0. The van der Waals surface area contributed by atoms with Crippen LogP contribution >= 0.6 is 0 Å². The van der Waals surface area contributed by atoms with Gasteiger partial charge in [0, 0.05) is 35.8 Å². The van der Waals surface area contributed by atoms with E-state index in [2.05, 4.69) is 15.5 Å². The molecule has 4 rings (SSSR count). The van der Waals surface area contributed by atoms with Crippen molar-refractivity contribution < 1.29 is 13.2 Å². The van der Waals surface area contributed by atoms with Crippen LogP contribution in [0.5, 0.6) is 0 Å². The maximum Gasteiger partial charge on any atom is 0.329 e. The van der Waals surface area contributed by atoms with E-state index in [1.54, 1.807) is 23.1 Å². The molecule has 0 amide bonds. The van der Waals surface area contributed by atoms with Crippen LogP contribution in [0.2, 0.25) is 0 Å². The number of imidazole rings is 1. The van der Waals surface area contributed by atoms with Crippen LogP contribution in [-0.2, 0) is 18.5 Å². The molecule has 9 heteroatoms. The van der Waals surface area contributed by atoms with E-state index in [0.29, 0.717) is 23.8 Å². The minimum Gasteiger partial charge on any atom is -0.361 e. The smallest absolute Gasteiger partial charge is 0.329 e. The van der Waals surface area contributed by atoms with Crippen LogP contribution in [0.3, 0.4) is 0 Å². The first-order valence-corrected chi connectivity index (χ1v) is 11.0. The molecule has 0 saturated carbocycles. The lowest BCUT2D eigenvalue weighted by Gasteiger charge is -2.22. The van der Waals surface area contributed by atoms with Gasteiger partial charge in [-0.15, -0.1) is 5.10 Å². The van der Waals surface area contributed by atoms with Crippen molar-refractivity contribution in [3.8, 4) is 0 Å². The van der Waals surface area contributed by atoms with Crippen molar-refractivity contribution in [3.63, 3.8) is 0 Å². The monoisotopic (exact) mass is 471 g/mol. The average Bonchev–Trinajstić information content (AvgIpc) is 2.98. The number of fused-ring (bicyclic) bond motifs is 2. The predicted molar refractivity (Wildman–Crippen MR) is 128 cm³/mol. The number of benzene rings is 2. The predicted octanol–water partition coefficient (Wildman–Crippen LogP) is 5.77. The fraction of sp³-hybridized carbons (Fsp3) is 0.400. The molecule has 0 radical (unpaired) electrons. The highest BCUT2D eigenvalue weighted by molar-refractivity contribution is 6.01. The van der Waals surface area contributed by atoms with E-state index in [4.69, 9.17) is 0 Å². The molecule has 6 nitrogen and oxygen atoms in total. The molecule has 0 aliphatic carbocycles. The van der Waals surface area contributed by atoms with Crippen molar-refractivity contribution in [2.24, 2.45) is 7.05 Å². The van der Waals surface area contributed by atoms with Gasteiger partial charge >= 0.3 is 5.69 Å². The summed E-state index contributed by atoms with van der Waals surface area (Å²) in [5, 5.41) is 13.1. The number of hydrogen-bond acceptors (Lipinski definition) is 4. The second kappa shape index (κ2) is 7.85. The fourth-order valence-electron chi connectivity index (χ4n) is 4.37. The highest BCUT2D eigenvalue weighted by Crippen LogP contribution is 2.35. The largest absolute Gasteiger partial charge is 0.361 e. The Morgan fingerprint density at radius 1 is 1.03 bits per heavy atom. The molecule has 0 spiro atoms. The summed E-state index contributed by atoms with van der Waals surface area (Å²) >= 11 is 0. The summed E-state index contributed by atoms with van der Waals surface area (Å²) in [4.78, 5) is 13.0. The van der Waals surface area contributed by atoms with E-state index in [1.165, 1.54) is 12.1 Å². The second-order valence-corrected chi connectivity index (χ2v) is 9.83. The molecular formula is C25H28F3N5O. The molecule has 0 aliphatic heterocycles. The second-order valence-electron chi connectivity index (χ2n) is 9.83. The number of aryl methyl sites for hydroxylation is 2. The first-order chi connectivity index (χ1) is 15.7. The molecule has 180 valence electrons. The number of hydrogen-bond donors (Lipinski definition) is 1. The number of halogens is 3. The van der Waals surface area contributed by atoms with E-state index < -0.39 is 28.9 Å². The van der Waals surface area contributed by atoms with E-state index in [9.17, 15) is 18.0 Å². The lowest BCUT2D eigenvalue weighted by Crippen LogP contribution is -2.34. The van der Waals surface area contributed by atoms with Gasteiger partial charge in [-0.25, -0.2) is 18.0 Å². The lowest BCUT2D eigenvalue weighted by molar-refractivity contribution is 0.0136. The molecule has 1 N–H and O–H groups in total. The van der Waals surface area contributed by atoms with Crippen molar-refractivity contribution >= 4 is 27.6 Å². The molecule has 0 saturated heterocycles. The van der Waals surface area contributed by atoms with Gasteiger partial charge in [-0.3, -0.25) is 9.13 Å². The highest BCUT2D eigenvalue weighted by atomic mass is 19.3. The fourth-order valence-corrected chi connectivity index (χ4v) is 4.37. The van der Waals surface area contributed by atoms with Crippen LogP contribution in [-0.4, -0.2) is 19.3 Å². The summed E-state index contributed by atoms with van der Waals surface area (Å²) in [6.45, 7) is 10.0. The molecule has 0 bridgehead atoms. The number of anilines is 1. The van der Waals surface area contributed by atoms with Crippen LogP contribution in [0.1, 0.15) is 57.5 Å². The average molecular weight is 472 g/mol. The molecule has 34 heavy (non-hydrogen) atoms. The van der Waals surface area contributed by atoms with Gasteiger partial charge in [0.1, 0.15) is 5.82 Å². The van der Waals surface area contributed by atoms with Gasteiger partial charge in [0.05, 0.1) is 28.3 Å². The Hall–Kier alpha value is -3.36. The molecular weight excluding hydrogens is 443 g/mol. The Morgan fingerprint density at radius 3 is 2.29 bits per heavy atom. The van der Waals surface area contributed by atoms with Gasteiger partial charge in [0.25, 0.3) is 5.92 Å². The third-order valence-corrected chi connectivity index (χ3v) is 6.13. The van der Waals surface area contributed by atoms with Crippen LogP contribution in [0.25, 0.3) is 21.8 Å². The van der Waals surface area contributed by atoms with Crippen molar-refractivity contribution in [2.45, 2.75) is 59.0 Å². The van der Waals surface area contributed by atoms with Crippen molar-refractivity contribution in [3.05, 3.63) is 63.5 Å². The SMILES string of the molecule is Cc1nnc(N[C@H](C)c2cccc(C(C)(F)F)c2F)c2cc3c(cc12)n(C)c(=O)n3C(C)(C)C. The summed E-state index contributed by atoms with van der Waals surface area (Å²) in [7, 11) is 1.73. The van der Waals surface area contributed by atoms with Gasteiger partial charge < -0.3 is 5.32 Å². The maximum absolute atomic E-state index is 14.9. The van der Waals surface area contributed by atoms with Crippen LogP contribution in [0.4, 0.5) is 19.0 Å². The van der Waals surface area contributed by atoms with E-state index >= 15 is 0 Å². The Kier molecular flexibility index (Phi) is 5.49. The first kappa shape index (κ1) is 23.8. The zero-order chi connectivity index (χ0) is 25.2. The highest BCUT2D eigenvalue weighted by Gasteiger charge is 2.30. The van der Waals surface area contributed by atoms with Crippen molar-refractivity contribution in [1.29, 1.82) is 0 Å². The summed E-state index contributed by atoms with van der Waals surface area (Å²) in [6.07, 6.45) is 0. The maximum atomic E-state index is 14.9. The number of nitrogens with zero attached hydrogens (tertiary/aromatic N) is 4. The molecule has 0 unspecified atom stereocenters. The van der Waals surface area contributed by atoms with Crippen molar-refractivity contribution in [1.82, 2.24) is 19.3 Å². The minimum atomic E-state index is -3.30. The Bertz CT molecular complexity index is 1470. The zero-order valence-corrected chi connectivity index (χ0v) is 20.3. The molecule has 2 heterocycles. The van der Waals surface area contributed by atoms with Crippen LogP contribution < -0.4 is 11.0 Å². The summed E-state index contributed by atoms with van der Waals surface area (Å²) < 4.78 is 45.9. The Balaban J connectivity index is 1.89. The molecule has 0 aliphatic rings. The van der Waals surface area contributed by atoms with E-state index in [0.717, 1.165) is 22.5 Å². The molecule has 1 atom stereocenters. The zero-order valence-electron chi connectivity index (χ0n) is 20.3. The molecule has 2 aromatic heterocycles. The summed E-state index contributed by atoms with van der Waals surface area (Å²) in [6, 6.07) is 7.08. The quantitative estimate of drug-likeness (QED) is 0.410. The van der Waals surface area contributed by atoms with Crippen LogP contribution in [0.15, 0.2) is 35.1 Å². The topological polar surface area (TPSA) is 64.7 Å². The number of rotatable bonds is 4. The van der Waals surface area contributed by atoms with Crippen LogP contribution in [0, 0.1) is 12.7 Å². The number of nitrogens with one attached hydrogen (secondary N) is 1. The van der Waals surface area contributed by atoms with E-state index in [-0.39, 0.29) is 11.3 Å². The van der Waals surface area contributed by atoms with Gasteiger partial charge in [-0.1, -0.05) is 18.2 Å². The van der Waals surface area contributed by atoms with Gasteiger partial charge in [-0.2, -0.15) is 5.10 Å². The molecule has 2 aromatic carbocycles. The summed E-state index contributed by atoms with van der Waals surface area (Å²) in [5.41, 5.74) is 1.00. The van der Waals surface area contributed by atoms with Gasteiger partial charge in [-0.05, 0) is 46.8 Å². The minimum absolute atomic E-state index is 0.0990.